The van der Waals surface area contributed by atoms with E-state index in [0.29, 0.717) is 0 Å². The number of rotatable bonds is 7. The molecule has 1 aromatic rings. The Balaban J connectivity index is 2.20. The summed E-state index contributed by atoms with van der Waals surface area (Å²) in [6.07, 6.45) is 11.1. The van der Waals surface area contributed by atoms with Gasteiger partial charge in [0.2, 0.25) is 0 Å². The molecule has 0 spiro atoms. The largest absolute Gasteiger partial charge is 0.493 e. The summed E-state index contributed by atoms with van der Waals surface area (Å²) in [5.74, 6) is 6.61. The van der Waals surface area contributed by atoms with Gasteiger partial charge in [-0.3, -0.25) is 16.0 Å². The van der Waals surface area contributed by atoms with Gasteiger partial charge in [-0.05, 0) is 38.5 Å². The normalized spacial score (nSPS) is 16.9. The molecular formula is C15H26N4O. The van der Waals surface area contributed by atoms with E-state index in [1.807, 2.05) is 4.68 Å². The van der Waals surface area contributed by atoms with Gasteiger partial charge in [0, 0.05) is 6.54 Å². The lowest BCUT2D eigenvalue weighted by molar-refractivity contribution is 0.388. The number of ether oxygens (including phenoxy) is 1. The number of nitrogens with zero attached hydrogens (tertiary/aromatic N) is 2. The molecule has 3 N–H and O–H groups in total. The fraction of sp³-hybridized carbons (Fsp3) is 0.667. The Kier molecular flexibility index (Phi) is 5.61. The van der Waals surface area contributed by atoms with Crippen LogP contribution in [0.15, 0.2) is 17.8 Å². The van der Waals surface area contributed by atoms with Crippen LogP contribution in [-0.4, -0.2) is 16.9 Å². The van der Waals surface area contributed by atoms with Crippen LogP contribution in [0.1, 0.15) is 57.2 Å². The quantitative estimate of drug-likeness (QED) is 0.457. The average molecular weight is 278 g/mol. The first-order chi connectivity index (χ1) is 9.80. The maximum Gasteiger partial charge on any atom is 0.161 e. The molecule has 20 heavy (non-hydrogen) atoms. The summed E-state index contributed by atoms with van der Waals surface area (Å²) in [5.41, 5.74) is 5.49. The Bertz CT molecular complexity index is 453. The number of hydrogen-bond acceptors (Lipinski definition) is 4. The fourth-order valence-corrected chi connectivity index (χ4v) is 2.86. The second kappa shape index (κ2) is 7.45. The topological polar surface area (TPSA) is 65.1 Å². The molecule has 0 saturated carbocycles. The number of hydrogen-bond donors (Lipinski definition) is 2. The lowest BCUT2D eigenvalue weighted by Gasteiger charge is -2.22. The van der Waals surface area contributed by atoms with Crippen molar-refractivity contribution in [2.45, 2.75) is 58.0 Å². The van der Waals surface area contributed by atoms with Gasteiger partial charge in [-0.25, -0.2) is 0 Å². The van der Waals surface area contributed by atoms with Gasteiger partial charge in [-0.2, -0.15) is 5.10 Å². The maximum absolute atomic E-state index is 5.80. The molecule has 2 rings (SSSR count). The minimum atomic E-state index is 0.0587. The van der Waals surface area contributed by atoms with Crippen LogP contribution in [0, 0.1) is 0 Å². The van der Waals surface area contributed by atoms with Crippen LogP contribution >= 0.6 is 0 Å². The van der Waals surface area contributed by atoms with Gasteiger partial charge < -0.3 is 4.74 Å². The summed E-state index contributed by atoms with van der Waals surface area (Å²) in [4.78, 5) is 0. The summed E-state index contributed by atoms with van der Waals surface area (Å²) in [6.45, 7) is 3.03. The number of methoxy groups -OCH3 is 1. The molecule has 1 aliphatic rings. The average Bonchev–Trinajstić information content (AvgIpc) is 2.89. The Morgan fingerprint density at radius 2 is 2.35 bits per heavy atom. The van der Waals surface area contributed by atoms with Crippen LogP contribution in [-0.2, 0) is 6.54 Å². The Hall–Kier alpha value is -1.33. The van der Waals surface area contributed by atoms with Crippen molar-refractivity contribution in [1.29, 1.82) is 0 Å². The molecule has 1 aromatic heterocycles. The van der Waals surface area contributed by atoms with Crippen LogP contribution in [0.2, 0.25) is 0 Å². The van der Waals surface area contributed by atoms with E-state index in [9.17, 15) is 0 Å². The molecular weight excluding hydrogens is 252 g/mol. The molecule has 0 aliphatic heterocycles. The van der Waals surface area contributed by atoms with Gasteiger partial charge >= 0.3 is 0 Å². The first kappa shape index (κ1) is 15.1. The summed E-state index contributed by atoms with van der Waals surface area (Å²) in [6, 6.07) is 0.0587. The van der Waals surface area contributed by atoms with Crippen LogP contribution in [0.3, 0.4) is 0 Å². The SMILES string of the molecule is CCCn1ncc(OC)c1C(CC1=CCCCC1)NN. The summed E-state index contributed by atoms with van der Waals surface area (Å²) < 4.78 is 7.45. The predicted molar refractivity (Wildman–Crippen MR) is 80.3 cm³/mol. The highest BCUT2D eigenvalue weighted by Gasteiger charge is 2.22. The van der Waals surface area contributed by atoms with E-state index in [1.165, 1.54) is 31.3 Å². The molecule has 112 valence electrons. The molecule has 0 aromatic carbocycles. The Morgan fingerprint density at radius 1 is 1.50 bits per heavy atom. The van der Waals surface area contributed by atoms with Gasteiger partial charge in [-0.1, -0.05) is 18.6 Å². The highest BCUT2D eigenvalue weighted by atomic mass is 16.5. The number of aromatic nitrogens is 2. The van der Waals surface area contributed by atoms with Gasteiger partial charge in [0.1, 0.15) is 0 Å². The van der Waals surface area contributed by atoms with Crippen molar-refractivity contribution in [2.24, 2.45) is 5.84 Å². The van der Waals surface area contributed by atoms with Crippen molar-refractivity contribution in [3.05, 3.63) is 23.5 Å². The van der Waals surface area contributed by atoms with E-state index >= 15 is 0 Å². The third kappa shape index (κ3) is 3.41. The van der Waals surface area contributed by atoms with E-state index in [-0.39, 0.29) is 6.04 Å². The van der Waals surface area contributed by atoms with Gasteiger partial charge in [0.25, 0.3) is 0 Å². The Labute approximate surface area is 121 Å². The lowest BCUT2D eigenvalue weighted by atomic mass is 9.93. The monoisotopic (exact) mass is 278 g/mol. The van der Waals surface area contributed by atoms with Crippen LogP contribution in [0.5, 0.6) is 5.75 Å². The zero-order valence-electron chi connectivity index (χ0n) is 12.6. The van der Waals surface area contributed by atoms with Crippen molar-refractivity contribution in [3.63, 3.8) is 0 Å². The summed E-state index contributed by atoms with van der Waals surface area (Å²) in [7, 11) is 1.68. The van der Waals surface area contributed by atoms with Crippen molar-refractivity contribution in [1.82, 2.24) is 15.2 Å². The zero-order chi connectivity index (χ0) is 14.4. The standard InChI is InChI=1S/C15H26N4O/c1-3-9-19-15(14(20-2)11-17-19)13(18-16)10-12-7-5-4-6-8-12/h7,11,13,18H,3-6,8-10,16H2,1-2H3. The molecule has 1 atom stereocenters. The third-order valence-corrected chi connectivity index (χ3v) is 3.88. The summed E-state index contributed by atoms with van der Waals surface area (Å²) in [5, 5.41) is 4.42. The third-order valence-electron chi connectivity index (χ3n) is 3.88. The van der Waals surface area contributed by atoms with Gasteiger partial charge in [-0.15, -0.1) is 0 Å². The molecule has 0 bridgehead atoms. The van der Waals surface area contributed by atoms with Crippen molar-refractivity contribution in [3.8, 4) is 5.75 Å². The Morgan fingerprint density at radius 3 is 2.95 bits per heavy atom. The predicted octanol–water partition coefficient (Wildman–Crippen LogP) is 2.70. The zero-order valence-corrected chi connectivity index (χ0v) is 12.6. The molecule has 0 amide bonds. The maximum atomic E-state index is 5.80. The first-order valence-electron chi connectivity index (χ1n) is 7.53. The van der Waals surface area contributed by atoms with Crippen LogP contribution < -0.4 is 16.0 Å². The molecule has 5 nitrogen and oxygen atoms in total. The number of aryl methyl sites for hydroxylation is 1. The van der Waals surface area contributed by atoms with E-state index in [1.54, 1.807) is 13.3 Å². The number of hydrazine groups is 1. The summed E-state index contributed by atoms with van der Waals surface area (Å²) >= 11 is 0. The van der Waals surface area contributed by atoms with Crippen molar-refractivity contribution in [2.75, 3.05) is 7.11 Å². The van der Waals surface area contributed by atoms with Crippen molar-refractivity contribution >= 4 is 0 Å². The second-order valence-corrected chi connectivity index (χ2v) is 5.35. The van der Waals surface area contributed by atoms with E-state index in [0.717, 1.165) is 30.8 Å². The van der Waals surface area contributed by atoms with Gasteiger partial charge in [0.05, 0.1) is 25.0 Å². The molecule has 5 heteroatoms. The minimum absolute atomic E-state index is 0.0587. The minimum Gasteiger partial charge on any atom is -0.493 e. The molecule has 0 fully saturated rings. The lowest BCUT2D eigenvalue weighted by Crippen LogP contribution is -2.30. The van der Waals surface area contributed by atoms with E-state index in [4.69, 9.17) is 10.6 Å². The smallest absolute Gasteiger partial charge is 0.161 e. The fourth-order valence-electron chi connectivity index (χ4n) is 2.86. The first-order valence-corrected chi connectivity index (χ1v) is 7.53. The number of allylic oxidation sites excluding steroid dienone is 1. The second-order valence-electron chi connectivity index (χ2n) is 5.35. The number of nitrogens with two attached hydrogens (primary N) is 1. The molecule has 1 heterocycles. The highest BCUT2D eigenvalue weighted by molar-refractivity contribution is 5.29. The van der Waals surface area contributed by atoms with Crippen molar-refractivity contribution < 1.29 is 4.74 Å². The van der Waals surface area contributed by atoms with Gasteiger partial charge in [0.15, 0.2) is 5.75 Å². The van der Waals surface area contributed by atoms with E-state index < -0.39 is 0 Å². The van der Waals surface area contributed by atoms with Crippen LogP contribution in [0.4, 0.5) is 0 Å². The molecule has 0 saturated heterocycles. The highest BCUT2D eigenvalue weighted by Crippen LogP contribution is 2.32. The molecule has 1 aliphatic carbocycles. The molecule has 0 radical (unpaired) electrons. The van der Waals surface area contributed by atoms with Crippen LogP contribution in [0.25, 0.3) is 0 Å². The number of nitrogens with one attached hydrogen (secondary N) is 1. The molecule has 1 unspecified atom stereocenters. The van der Waals surface area contributed by atoms with E-state index in [2.05, 4.69) is 23.5 Å².